The van der Waals surface area contributed by atoms with Gasteiger partial charge >= 0.3 is 0 Å². The minimum absolute atomic E-state index is 0.0292. The molecule has 1 aliphatic heterocycles. The summed E-state index contributed by atoms with van der Waals surface area (Å²) in [7, 11) is 3.99. The highest BCUT2D eigenvalue weighted by Gasteiger charge is 2.24. The van der Waals surface area contributed by atoms with Crippen molar-refractivity contribution in [3.8, 4) is 11.5 Å². The van der Waals surface area contributed by atoms with E-state index in [1.807, 2.05) is 58.3 Å². The Hall–Kier alpha value is -2.64. The fraction of sp³-hybridized carbons (Fsp3) is 0.333. The third-order valence-corrected chi connectivity index (χ3v) is 5.77. The minimum atomic E-state index is -0.0292. The van der Waals surface area contributed by atoms with E-state index < -0.39 is 0 Å². The van der Waals surface area contributed by atoms with E-state index in [2.05, 4.69) is 4.90 Å². The number of ether oxygens (including phenoxy) is 2. The molecule has 0 N–H and O–H groups in total. The Morgan fingerprint density at radius 3 is 2.57 bits per heavy atom. The summed E-state index contributed by atoms with van der Waals surface area (Å²) in [6.07, 6.45) is 0. The van der Waals surface area contributed by atoms with Gasteiger partial charge in [0.15, 0.2) is 16.6 Å². The lowest BCUT2D eigenvalue weighted by Crippen LogP contribution is -2.37. The summed E-state index contributed by atoms with van der Waals surface area (Å²) in [5.41, 5.74) is 3.63. The van der Waals surface area contributed by atoms with Crippen LogP contribution in [-0.4, -0.2) is 49.8 Å². The number of fused-ring (bicyclic) bond motifs is 2. The van der Waals surface area contributed by atoms with Gasteiger partial charge in [-0.05, 0) is 39.6 Å². The molecule has 1 amide bonds. The third-order valence-electron chi connectivity index (χ3n) is 4.73. The number of hydrogen-bond donors (Lipinski definition) is 0. The number of likely N-dealkylation sites (N-methyl/N-ethyl adjacent to an activating group) is 1. The summed E-state index contributed by atoms with van der Waals surface area (Å²) in [6.45, 7) is 5.55. The molecule has 0 atom stereocenters. The van der Waals surface area contributed by atoms with Crippen LogP contribution in [0.4, 0.5) is 5.13 Å². The molecule has 0 radical (unpaired) electrons. The summed E-state index contributed by atoms with van der Waals surface area (Å²) in [5, 5.41) is 0.686. The quantitative estimate of drug-likeness (QED) is 0.655. The molecular formula is C21H23N3O3S. The second-order valence-electron chi connectivity index (χ2n) is 7.25. The van der Waals surface area contributed by atoms with Gasteiger partial charge in [-0.1, -0.05) is 29.0 Å². The van der Waals surface area contributed by atoms with Crippen LogP contribution in [0.5, 0.6) is 11.5 Å². The Balaban J connectivity index is 1.73. The number of carbonyl (C=O) groups is 1. The number of aromatic nitrogens is 1. The maximum Gasteiger partial charge on any atom is 0.260 e. The van der Waals surface area contributed by atoms with E-state index in [1.54, 1.807) is 4.90 Å². The average molecular weight is 398 g/mol. The zero-order valence-electron chi connectivity index (χ0n) is 16.5. The number of carbonyl (C=O) groups excluding carboxylic acids is 1. The van der Waals surface area contributed by atoms with Crippen molar-refractivity contribution in [2.75, 3.05) is 38.9 Å². The number of thiazole rings is 1. The smallest absolute Gasteiger partial charge is 0.260 e. The van der Waals surface area contributed by atoms with E-state index in [0.29, 0.717) is 23.0 Å². The number of nitrogens with zero attached hydrogens (tertiary/aromatic N) is 3. The first-order chi connectivity index (χ1) is 13.4. The molecule has 146 valence electrons. The Bertz CT molecular complexity index is 1000. The molecule has 6 nitrogen and oxygen atoms in total. The standard InChI is InChI=1S/C21H23N3O3S/c1-13-5-6-15(14(2)9-13)20(25)24(8-7-23(3)4)21-22-16-10-17-18(27-12-26-17)11-19(16)28-21/h5-6,9-11H,7-8,12H2,1-4H3. The molecule has 2 heterocycles. The van der Waals surface area contributed by atoms with Crippen molar-refractivity contribution in [2.45, 2.75) is 13.8 Å². The van der Waals surface area contributed by atoms with Crippen molar-refractivity contribution in [2.24, 2.45) is 0 Å². The number of aryl methyl sites for hydroxylation is 2. The molecule has 2 aromatic carbocycles. The molecule has 0 bridgehead atoms. The van der Waals surface area contributed by atoms with Crippen LogP contribution in [0.1, 0.15) is 21.5 Å². The summed E-state index contributed by atoms with van der Waals surface area (Å²) >= 11 is 1.49. The lowest BCUT2D eigenvalue weighted by atomic mass is 10.0. The molecule has 3 aromatic rings. The lowest BCUT2D eigenvalue weighted by Gasteiger charge is -2.22. The Labute approximate surface area is 168 Å². The van der Waals surface area contributed by atoms with Crippen LogP contribution in [0.2, 0.25) is 0 Å². The van der Waals surface area contributed by atoms with Crippen molar-refractivity contribution in [3.63, 3.8) is 0 Å². The topological polar surface area (TPSA) is 54.9 Å². The first-order valence-electron chi connectivity index (χ1n) is 9.16. The maximum absolute atomic E-state index is 13.4. The fourth-order valence-corrected chi connectivity index (χ4v) is 4.20. The van der Waals surface area contributed by atoms with Crippen molar-refractivity contribution in [3.05, 3.63) is 47.0 Å². The molecule has 7 heteroatoms. The molecule has 0 spiro atoms. The van der Waals surface area contributed by atoms with Crippen LogP contribution in [0.25, 0.3) is 10.2 Å². The second kappa shape index (κ2) is 7.41. The van der Waals surface area contributed by atoms with Gasteiger partial charge in [0, 0.05) is 30.8 Å². The van der Waals surface area contributed by atoms with Gasteiger partial charge in [0.1, 0.15) is 0 Å². The van der Waals surface area contributed by atoms with Crippen LogP contribution in [0.3, 0.4) is 0 Å². The van der Waals surface area contributed by atoms with Crippen LogP contribution in [0.15, 0.2) is 30.3 Å². The number of amides is 1. The molecular weight excluding hydrogens is 374 g/mol. The molecule has 0 fully saturated rings. The molecule has 1 aliphatic rings. The summed E-state index contributed by atoms with van der Waals surface area (Å²) in [4.78, 5) is 22.0. The van der Waals surface area contributed by atoms with Crippen molar-refractivity contribution in [1.82, 2.24) is 9.88 Å². The lowest BCUT2D eigenvalue weighted by molar-refractivity contribution is 0.0984. The highest BCUT2D eigenvalue weighted by atomic mass is 32.1. The average Bonchev–Trinajstić information content (AvgIpc) is 3.24. The van der Waals surface area contributed by atoms with Crippen molar-refractivity contribution < 1.29 is 14.3 Å². The molecule has 0 aliphatic carbocycles. The van der Waals surface area contributed by atoms with E-state index in [1.165, 1.54) is 11.3 Å². The van der Waals surface area contributed by atoms with Gasteiger partial charge in [0.05, 0.1) is 10.2 Å². The highest BCUT2D eigenvalue weighted by molar-refractivity contribution is 7.22. The van der Waals surface area contributed by atoms with E-state index in [-0.39, 0.29) is 12.7 Å². The van der Waals surface area contributed by atoms with Crippen molar-refractivity contribution >= 4 is 32.6 Å². The van der Waals surface area contributed by atoms with Crippen LogP contribution in [-0.2, 0) is 0 Å². The SMILES string of the molecule is Cc1ccc(C(=O)N(CCN(C)C)c2nc3cc4c(cc3s2)OCO4)c(C)c1. The maximum atomic E-state index is 13.4. The molecule has 0 saturated heterocycles. The van der Waals surface area contributed by atoms with Gasteiger partial charge in [0.25, 0.3) is 5.91 Å². The molecule has 1 aromatic heterocycles. The number of hydrogen-bond acceptors (Lipinski definition) is 6. The Morgan fingerprint density at radius 1 is 1.11 bits per heavy atom. The fourth-order valence-electron chi connectivity index (χ4n) is 3.20. The monoisotopic (exact) mass is 397 g/mol. The van der Waals surface area contributed by atoms with Gasteiger partial charge in [0.2, 0.25) is 6.79 Å². The third kappa shape index (κ3) is 3.55. The zero-order chi connectivity index (χ0) is 19.8. The predicted molar refractivity (Wildman–Crippen MR) is 112 cm³/mol. The minimum Gasteiger partial charge on any atom is -0.454 e. The summed E-state index contributed by atoms with van der Waals surface area (Å²) in [5.74, 6) is 1.39. The van der Waals surface area contributed by atoms with Gasteiger partial charge in [-0.15, -0.1) is 0 Å². The molecule has 0 unspecified atom stereocenters. The number of anilines is 1. The van der Waals surface area contributed by atoms with Crippen molar-refractivity contribution in [1.29, 1.82) is 0 Å². The highest BCUT2D eigenvalue weighted by Crippen LogP contribution is 2.40. The van der Waals surface area contributed by atoms with Crippen LogP contribution >= 0.6 is 11.3 Å². The van der Waals surface area contributed by atoms with Gasteiger partial charge in [-0.3, -0.25) is 9.69 Å². The summed E-state index contributed by atoms with van der Waals surface area (Å²) in [6, 6.07) is 9.73. The molecule has 28 heavy (non-hydrogen) atoms. The van der Waals surface area contributed by atoms with E-state index in [4.69, 9.17) is 14.5 Å². The number of benzene rings is 2. The number of rotatable bonds is 5. The van der Waals surface area contributed by atoms with Gasteiger partial charge < -0.3 is 14.4 Å². The van der Waals surface area contributed by atoms with E-state index >= 15 is 0 Å². The van der Waals surface area contributed by atoms with E-state index in [9.17, 15) is 4.79 Å². The first-order valence-corrected chi connectivity index (χ1v) is 9.98. The second-order valence-corrected chi connectivity index (χ2v) is 8.26. The van der Waals surface area contributed by atoms with Crippen LogP contribution < -0.4 is 14.4 Å². The largest absolute Gasteiger partial charge is 0.454 e. The van der Waals surface area contributed by atoms with E-state index in [0.717, 1.165) is 33.6 Å². The first kappa shape index (κ1) is 18.7. The Morgan fingerprint density at radius 2 is 1.86 bits per heavy atom. The normalized spacial score (nSPS) is 12.8. The Kier molecular flexibility index (Phi) is 4.95. The van der Waals surface area contributed by atoms with Gasteiger partial charge in [-0.25, -0.2) is 4.98 Å². The molecule has 0 saturated carbocycles. The zero-order valence-corrected chi connectivity index (χ0v) is 17.3. The predicted octanol–water partition coefficient (Wildman–Crippen LogP) is 3.85. The van der Waals surface area contributed by atoms with Gasteiger partial charge in [-0.2, -0.15) is 0 Å². The molecule has 4 rings (SSSR count). The summed E-state index contributed by atoms with van der Waals surface area (Å²) < 4.78 is 11.9. The van der Waals surface area contributed by atoms with Crippen LogP contribution in [0, 0.1) is 13.8 Å².